The van der Waals surface area contributed by atoms with Crippen molar-refractivity contribution in [2.45, 2.75) is 58.0 Å². The van der Waals surface area contributed by atoms with Gasteiger partial charge in [-0.1, -0.05) is 0 Å². The maximum Gasteiger partial charge on any atom is 0.291 e. The van der Waals surface area contributed by atoms with E-state index >= 15 is 0 Å². The molecule has 2 saturated heterocycles. The fourth-order valence-electron chi connectivity index (χ4n) is 3.53. The number of rotatable bonds is 2. The van der Waals surface area contributed by atoms with Gasteiger partial charge in [-0.15, -0.1) is 0 Å². The number of oxazole rings is 1. The highest BCUT2D eigenvalue weighted by atomic mass is 16.4. The van der Waals surface area contributed by atoms with Gasteiger partial charge in [0, 0.05) is 25.6 Å². The molecule has 1 N–H and O–H groups in total. The number of carbonyl (C=O) groups is 1. The van der Waals surface area contributed by atoms with Crippen molar-refractivity contribution in [1.82, 2.24) is 15.2 Å². The van der Waals surface area contributed by atoms with Crippen LogP contribution in [0.2, 0.25) is 0 Å². The van der Waals surface area contributed by atoms with Crippen LogP contribution in [0, 0.1) is 13.8 Å². The van der Waals surface area contributed by atoms with Crippen molar-refractivity contribution in [3.05, 3.63) is 17.3 Å². The van der Waals surface area contributed by atoms with Crippen LogP contribution in [0.15, 0.2) is 4.42 Å². The second-order valence-electron chi connectivity index (χ2n) is 5.91. The molecule has 2 aliphatic heterocycles. The zero-order valence-electron chi connectivity index (χ0n) is 12.3. The smallest absolute Gasteiger partial charge is 0.291 e. The second kappa shape index (κ2) is 5.56. The summed E-state index contributed by atoms with van der Waals surface area (Å²) < 4.78 is 5.52. The number of nitrogens with zero attached hydrogens (tertiary/aromatic N) is 2. The lowest BCUT2D eigenvalue weighted by molar-refractivity contribution is 0.0529. The molecule has 2 fully saturated rings. The van der Waals surface area contributed by atoms with Crippen LogP contribution in [-0.2, 0) is 0 Å². The molecule has 0 aromatic carbocycles. The fourth-order valence-corrected chi connectivity index (χ4v) is 3.53. The van der Waals surface area contributed by atoms with Crippen LogP contribution in [0.25, 0.3) is 0 Å². The molecule has 0 aliphatic carbocycles. The first-order chi connectivity index (χ1) is 9.66. The Morgan fingerprint density at radius 3 is 2.80 bits per heavy atom. The number of likely N-dealkylation sites (tertiary alicyclic amines) is 1. The Balaban J connectivity index is 1.82. The molecule has 5 heteroatoms. The molecule has 1 aromatic rings. The van der Waals surface area contributed by atoms with Crippen LogP contribution in [0.1, 0.15) is 54.2 Å². The fraction of sp³-hybridized carbons (Fsp3) is 0.733. The molecule has 0 bridgehead atoms. The summed E-state index contributed by atoms with van der Waals surface area (Å²) in [6.45, 7) is 5.54. The minimum atomic E-state index is 0.0153. The Bertz CT molecular complexity index is 491. The molecule has 2 atom stereocenters. The van der Waals surface area contributed by atoms with Crippen molar-refractivity contribution < 1.29 is 9.21 Å². The third kappa shape index (κ3) is 2.46. The molecule has 1 aromatic heterocycles. The van der Waals surface area contributed by atoms with E-state index in [0.29, 0.717) is 29.4 Å². The zero-order valence-corrected chi connectivity index (χ0v) is 12.3. The first kappa shape index (κ1) is 13.6. The number of hydrogen-bond donors (Lipinski definition) is 1. The van der Waals surface area contributed by atoms with E-state index in [9.17, 15) is 4.79 Å². The quantitative estimate of drug-likeness (QED) is 0.898. The number of hydrogen-bond acceptors (Lipinski definition) is 4. The zero-order chi connectivity index (χ0) is 14.1. The Kier molecular flexibility index (Phi) is 3.78. The van der Waals surface area contributed by atoms with Crippen molar-refractivity contribution in [2.24, 2.45) is 0 Å². The standard InChI is InChI=1S/C15H23N3O2/c1-10-14(20-11(2)17-10)15(19)18-9-4-3-7-13(18)12-6-5-8-16-12/h12-13,16H,3-9H2,1-2H3. The highest BCUT2D eigenvalue weighted by Crippen LogP contribution is 2.26. The third-order valence-corrected chi connectivity index (χ3v) is 4.47. The SMILES string of the molecule is Cc1nc(C)c(C(=O)N2CCCCC2C2CCCN2)o1. The van der Waals surface area contributed by atoms with Gasteiger partial charge in [0.15, 0.2) is 5.89 Å². The summed E-state index contributed by atoms with van der Waals surface area (Å²) in [7, 11) is 0. The van der Waals surface area contributed by atoms with E-state index in [4.69, 9.17) is 4.42 Å². The predicted octanol–water partition coefficient (Wildman–Crippen LogP) is 2.04. The van der Waals surface area contributed by atoms with Crippen molar-refractivity contribution in [3.8, 4) is 0 Å². The number of piperidine rings is 1. The number of carbonyl (C=O) groups excluding carboxylic acids is 1. The van der Waals surface area contributed by atoms with E-state index in [0.717, 1.165) is 25.9 Å². The van der Waals surface area contributed by atoms with E-state index in [1.54, 1.807) is 6.92 Å². The van der Waals surface area contributed by atoms with Gasteiger partial charge in [-0.25, -0.2) is 4.98 Å². The first-order valence-corrected chi connectivity index (χ1v) is 7.65. The lowest BCUT2D eigenvalue weighted by atomic mass is 9.94. The third-order valence-electron chi connectivity index (χ3n) is 4.47. The van der Waals surface area contributed by atoms with Crippen LogP contribution in [0.3, 0.4) is 0 Å². The van der Waals surface area contributed by atoms with Crippen molar-refractivity contribution >= 4 is 5.91 Å². The molecule has 3 heterocycles. The summed E-state index contributed by atoms with van der Waals surface area (Å²) >= 11 is 0. The van der Waals surface area contributed by atoms with E-state index < -0.39 is 0 Å². The summed E-state index contributed by atoms with van der Waals surface area (Å²) in [6, 6.07) is 0.757. The summed E-state index contributed by atoms with van der Waals surface area (Å²) in [4.78, 5) is 19.0. The van der Waals surface area contributed by atoms with Gasteiger partial charge < -0.3 is 14.6 Å². The van der Waals surface area contributed by atoms with E-state index in [1.165, 1.54) is 19.3 Å². The summed E-state index contributed by atoms with van der Waals surface area (Å²) in [6.07, 6.45) is 5.77. The van der Waals surface area contributed by atoms with E-state index in [1.807, 2.05) is 11.8 Å². The number of aryl methyl sites for hydroxylation is 2. The lowest BCUT2D eigenvalue weighted by Crippen LogP contribution is -2.52. The molecule has 2 unspecified atom stereocenters. The number of nitrogens with one attached hydrogen (secondary N) is 1. The average Bonchev–Trinajstić information content (AvgIpc) is 3.07. The van der Waals surface area contributed by atoms with Crippen LogP contribution in [0.4, 0.5) is 0 Å². The minimum absolute atomic E-state index is 0.0153. The van der Waals surface area contributed by atoms with Gasteiger partial charge >= 0.3 is 0 Å². The van der Waals surface area contributed by atoms with Crippen LogP contribution >= 0.6 is 0 Å². The van der Waals surface area contributed by atoms with Crippen LogP contribution in [-0.4, -0.2) is 41.0 Å². The molecule has 20 heavy (non-hydrogen) atoms. The monoisotopic (exact) mass is 277 g/mol. The van der Waals surface area contributed by atoms with Gasteiger partial charge in [0.2, 0.25) is 5.76 Å². The summed E-state index contributed by atoms with van der Waals surface area (Å²) in [5, 5.41) is 3.54. The first-order valence-electron chi connectivity index (χ1n) is 7.65. The molecule has 1 amide bonds. The van der Waals surface area contributed by atoms with Crippen LogP contribution in [0.5, 0.6) is 0 Å². The summed E-state index contributed by atoms with van der Waals surface area (Å²) in [5.74, 6) is 1.01. The molecular weight excluding hydrogens is 254 g/mol. The summed E-state index contributed by atoms with van der Waals surface area (Å²) in [5.41, 5.74) is 0.705. The molecular formula is C15H23N3O2. The second-order valence-corrected chi connectivity index (χ2v) is 5.91. The number of aromatic nitrogens is 1. The van der Waals surface area contributed by atoms with Gasteiger partial charge in [-0.2, -0.15) is 0 Å². The largest absolute Gasteiger partial charge is 0.436 e. The Labute approximate surface area is 119 Å². The molecule has 110 valence electrons. The number of amides is 1. The normalized spacial score (nSPS) is 27.0. The minimum Gasteiger partial charge on any atom is -0.436 e. The molecule has 0 saturated carbocycles. The van der Waals surface area contributed by atoms with Crippen molar-refractivity contribution in [3.63, 3.8) is 0 Å². The molecule has 3 rings (SSSR count). The van der Waals surface area contributed by atoms with Gasteiger partial charge in [0.1, 0.15) is 0 Å². The topological polar surface area (TPSA) is 58.4 Å². The average molecular weight is 277 g/mol. The lowest BCUT2D eigenvalue weighted by Gasteiger charge is -2.38. The van der Waals surface area contributed by atoms with Gasteiger partial charge in [-0.3, -0.25) is 4.79 Å². The Morgan fingerprint density at radius 2 is 2.15 bits per heavy atom. The highest BCUT2D eigenvalue weighted by Gasteiger charge is 2.36. The molecule has 5 nitrogen and oxygen atoms in total. The van der Waals surface area contributed by atoms with E-state index in [-0.39, 0.29) is 5.91 Å². The molecule has 0 radical (unpaired) electrons. The molecule has 2 aliphatic rings. The van der Waals surface area contributed by atoms with Crippen LogP contribution < -0.4 is 5.32 Å². The maximum atomic E-state index is 12.8. The van der Waals surface area contributed by atoms with Gasteiger partial charge in [0.05, 0.1) is 5.69 Å². The van der Waals surface area contributed by atoms with Crippen molar-refractivity contribution in [2.75, 3.05) is 13.1 Å². The Hall–Kier alpha value is -1.36. The molecule has 0 spiro atoms. The highest BCUT2D eigenvalue weighted by molar-refractivity contribution is 5.92. The van der Waals surface area contributed by atoms with Crippen molar-refractivity contribution in [1.29, 1.82) is 0 Å². The predicted molar refractivity (Wildman–Crippen MR) is 75.7 cm³/mol. The van der Waals surface area contributed by atoms with Gasteiger partial charge in [0.25, 0.3) is 5.91 Å². The Morgan fingerprint density at radius 1 is 1.30 bits per heavy atom. The maximum absolute atomic E-state index is 12.8. The van der Waals surface area contributed by atoms with E-state index in [2.05, 4.69) is 10.3 Å². The van der Waals surface area contributed by atoms with Gasteiger partial charge in [-0.05, 0) is 45.6 Å².